The van der Waals surface area contributed by atoms with Gasteiger partial charge in [-0.15, -0.1) is 0 Å². The molecule has 104 valence electrons. The smallest absolute Gasteiger partial charge is 0.305 e. The third-order valence-electron chi connectivity index (χ3n) is 3.12. The van der Waals surface area contributed by atoms with E-state index in [1.165, 1.54) is 31.1 Å². The first-order valence-electron chi connectivity index (χ1n) is 7.02. The molecule has 0 saturated heterocycles. The third kappa shape index (κ3) is 7.45. The van der Waals surface area contributed by atoms with Crippen molar-refractivity contribution >= 4 is 12.0 Å². The summed E-state index contributed by atoms with van der Waals surface area (Å²) in [5.74, 6) is -0.0979. The number of aryl methyl sites for hydroxylation is 1. The van der Waals surface area contributed by atoms with Gasteiger partial charge in [-0.1, -0.05) is 54.8 Å². The number of esters is 1. The monoisotopic (exact) mass is 260 g/mol. The van der Waals surface area contributed by atoms with Crippen LogP contribution in [0, 0.1) is 6.92 Å². The Morgan fingerprint density at radius 1 is 1.11 bits per heavy atom. The van der Waals surface area contributed by atoms with Gasteiger partial charge in [0.1, 0.15) is 0 Å². The van der Waals surface area contributed by atoms with Crippen LogP contribution in [0.3, 0.4) is 0 Å². The van der Waals surface area contributed by atoms with Gasteiger partial charge in [-0.05, 0) is 31.7 Å². The Morgan fingerprint density at radius 3 is 2.47 bits per heavy atom. The van der Waals surface area contributed by atoms with Gasteiger partial charge >= 0.3 is 5.97 Å². The zero-order valence-corrected chi connectivity index (χ0v) is 12.0. The van der Waals surface area contributed by atoms with Gasteiger partial charge in [0.05, 0.1) is 7.11 Å². The summed E-state index contributed by atoms with van der Waals surface area (Å²) in [6.07, 6.45) is 10.5. The first-order chi connectivity index (χ1) is 9.22. The fourth-order valence-corrected chi connectivity index (χ4v) is 1.88. The molecule has 1 aromatic rings. The number of benzene rings is 1. The summed E-state index contributed by atoms with van der Waals surface area (Å²) in [7, 11) is 1.44. The Labute approximate surface area is 116 Å². The van der Waals surface area contributed by atoms with Crippen LogP contribution >= 0.6 is 0 Å². The fraction of sp³-hybridized carbons (Fsp3) is 0.471. The Kier molecular flexibility index (Phi) is 7.64. The van der Waals surface area contributed by atoms with Crippen LogP contribution in [0.15, 0.2) is 30.3 Å². The molecule has 0 aliphatic carbocycles. The van der Waals surface area contributed by atoms with E-state index in [1.807, 2.05) is 0 Å². The van der Waals surface area contributed by atoms with Crippen molar-refractivity contribution in [3.63, 3.8) is 0 Å². The highest BCUT2D eigenvalue weighted by molar-refractivity contribution is 5.68. The molecule has 0 bridgehead atoms. The molecular weight excluding hydrogens is 236 g/mol. The van der Waals surface area contributed by atoms with Crippen LogP contribution in [-0.2, 0) is 9.53 Å². The number of carbonyl (C=O) groups excluding carboxylic acids is 1. The summed E-state index contributed by atoms with van der Waals surface area (Å²) in [5.41, 5.74) is 2.55. The van der Waals surface area contributed by atoms with Crippen molar-refractivity contribution in [3.8, 4) is 0 Å². The summed E-state index contributed by atoms with van der Waals surface area (Å²) in [5, 5.41) is 0. The Hall–Kier alpha value is -1.57. The van der Waals surface area contributed by atoms with E-state index in [4.69, 9.17) is 0 Å². The molecule has 0 fully saturated rings. The van der Waals surface area contributed by atoms with Crippen molar-refractivity contribution in [1.29, 1.82) is 0 Å². The fourth-order valence-electron chi connectivity index (χ4n) is 1.88. The van der Waals surface area contributed by atoms with Crippen LogP contribution in [0.1, 0.15) is 49.7 Å². The van der Waals surface area contributed by atoms with Crippen molar-refractivity contribution < 1.29 is 9.53 Å². The topological polar surface area (TPSA) is 26.3 Å². The first kappa shape index (κ1) is 15.5. The molecule has 0 saturated carbocycles. The number of ether oxygens (including phenoxy) is 1. The number of allylic oxidation sites excluding steroid dienone is 1. The number of hydrogen-bond acceptors (Lipinski definition) is 2. The van der Waals surface area contributed by atoms with Crippen LogP contribution in [0.2, 0.25) is 0 Å². The number of unbranched alkanes of at least 4 members (excludes halogenated alkanes) is 4. The van der Waals surface area contributed by atoms with Gasteiger partial charge in [-0.3, -0.25) is 4.79 Å². The van der Waals surface area contributed by atoms with Crippen LogP contribution < -0.4 is 0 Å². The minimum atomic E-state index is -0.0979. The molecule has 0 amide bonds. The van der Waals surface area contributed by atoms with E-state index in [9.17, 15) is 4.79 Å². The molecule has 2 heteroatoms. The number of methoxy groups -OCH3 is 1. The Bertz CT molecular complexity index is 390. The van der Waals surface area contributed by atoms with E-state index in [1.54, 1.807) is 0 Å². The average molecular weight is 260 g/mol. The SMILES string of the molecule is COC(=O)CCCCCCC=Cc1ccc(C)cc1. The van der Waals surface area contributed by atoms with Gasteiger partial charge in [0, 0.05) is 6.42 Å². The molecule has 0 atom stereocenters. The third-order valence-corrected chi connectivity index (χ3v) is 3.12. The molecule has 0 N–H and O–H groups in total. The lowest BCUT2D eigenvalue weighted by Gasteiger charge is -1.99. The van der Waals surface area contributed by atoms with Gasteiger partial charge in [-0.25, -0.2) is 0 Å². The van der Waals surface area contributed by atoms with E-state index in [-0.39, 0.29) is 5.97 Å². The Morgan fingerprint density at radius 2 is 1.79 bits per heavy atom. The molecule has 0 heterocycles. The molecule has 19 heavy (non-hydrogen) atoms. The molecule has 0 unspecified atom stereocenters. The van der Waals surface area contributed by atoms with E-state index in [0.717, 1.165) is 19.3 Å². The quantitative estimate of drug-likeness (QED) is 0.507. The van der Waals surface area contributed by atoms with E-state index < -0.39 is 0 Å². The van der Waals surface area contributed by atoms with Gasteiger partial charge < -0.3 is 4.74 Å². The summed E-state index contributed by atoms with van der Waals surface area (Å²) >= 11 is 0. The highest BCUT2D eigenvalue weighted by Gasteiger charge is 1.98. The number of carbonyl (C=O) groups is 1. The second-order valence-electron chi connectivity index (χ2n) is 4.84. The minimum absolute atomic E-state index is 0.0979. The summed E-state index contributed by atoms with van der Waals surface area (Å²) in [6, 6.07) is 8.54. The molecule has 1 aromatic carbocycles. The van der Waals surface area contributed by atoms with Crippen molar-refractivity contribution in [2.45, 2.75) is 45.4 Å². The Balaban J connectivity index is 2.04. The van der Waals surface area contributed by atoms with Crippen LogP contribution in [0.25, 0.3) is 6.08 Å². The van der Waals surface area contributed by atoms with Crippen LogP contribution in [0.5, 0.6) is 0 Å². The maximum Gasteiger partial charge on any atom is 0.305 e. The maximum atomic E-state index is 10.9. The summed E-state index contributed by atoms with van der Waals surface area (Å²) < 4.78 is 4.60. The molecule has 0 aromatic heterocycles. The van der Waals surface area contributed by atoms with E-state index in [0.29, 0.717) is 6.42 Å². The predicted molar refractivity (Wildman–Crippen MR) is 79.9 cm³/mol. The van der Waals surface area contributed by atoms with Gasteiger partial charge in [0.15, 0.2) is 0 Å². The van der Waals surface area contributed by atoms with Gasteiger partial charge in [-0.2, -0.15) is 0 Å². The zero-order valence-electron chi connectivity index (χ0n) is 12.0. The highest BCUT2D eigenvalue weighted by atomic mass is 16.5. The molecule has 1 rings (SSSR count). The first-order valence-corrected chi connectivity index (χ1v) is 7.02. The predicted octanol–water partition coefficient (Wildman–Crippen LogP) is 4.52. The maximum absolute atomic E-state index is 10.9. The second kappa shape index (κ2) is 9.37. The van der Waals surface area contributed by atoms with Gasteiger partial charge in [0.25, 0.3) is 0 Å². The van der Waals surface area contributed by atoms with Crippen molar-refractivity contribution in [2.75, 3.05) is 7.11 Å². The highest BCUT2D eigenvalue weighted by Crippen LogP contribution is 2.09. The molecular formula is C17H24O2. The number of rotatable bonds is 8. The minimum Gasteiger partial charge on any atom is -0.469 e. The second-order valence-corrected chi connectivity index (χ2v) is 4.84. The molecule has 0 radical (unpaired) electrons. The lowest BCUT2D eigenvalue weighted by molar-refractivity contribution is -0.140. The van der Waals surface area contributed by atoms with E-state index >= 15 is 0 Å². The van der Waals surface area contributed by atoms with Crippen LogP contribution in [0.4, 0.5) is 0 Å². The standard InChI is InChI=1S/C17H24O2/c1-15-11-13-16(14-12-15)9-7-5-3-4-6-8-10-17(18)19-2/h7,9,11-14H,3-6,8,10H2,1-2H3. The number of hydrogen-bond donors (Lipinski definition) is 0. The normalized spacial score (nSPS) is 10.8. The molecule has 0 aliphatic rings. The molecule has 2 nitrogen and oxygen atoms in total. The average Bonchev–Trinajstić information content (AvgIpc) is 2.43. The zero-order chi connectivity index (χ0) is 13.9. The largest absolute Gasteiger partial charge is 0.469 e. The van der Waals surface area contributed by atoms with Crippen molar-refractivity contribution in [3.05, 3.63) is 41.5 Å². The lowest BCUT2D eigenvalue weighted by Crippen LogP contribution is -1.98. The van der Waals surface area contributed by atoms with Crippen LogP contribution in [-0.4, -0.2) is 13.1 Å². The molecule has 0 spiro atoms. The van der Waals surface area contributed by atoms with Crippen molar-refractivity contribution in [2.24, 2.45) is 0 Å². The van der Waals surface area contributed by atoms with Gasteiger partial charge in [0.2, 0.25) is 0 Å². The van der Waals surface area contributed by atoms with E-state index in [2.05, 4.69) is 48.1 Å². The lowest BCUT2D eigenvalue weighted by atomic mass is 10.1. The molecule has 0 aliphatic heterocycles. The van der Waals surface area contributed by atoms with Crippen molar-refractivity contribution in [1.82, 2.24) is 0 Å². The summed E-state index contributed by atoms with van der Waals surface area (Å²) in [6.45, 7) is 2.10. The summed E-state index contributed by atoms with van der Waals surface area (Å²) in [4.78, 5) is 10.9.